The van der Waals surface area contributed by atoms with Crippen LogP contribution in [0.15, 0.2) is 46.9 Å². The summed E-state index contributed by atoms with van der Waals surface area (Å²) in [7, 11) is 0. The third kappa shape index (κ3) is 6.61. The van der Waals surface area contributed by atoms with Gasteiger partial charge in [0.1, 0.15) is 5.75 Å². The van der Waals surface area contributed by atoms with Crippen LogP contribution in [0.4, 0.5) is 0 Å². The molecule has 0 unspecified atom stereocenters. The van der Waals surface area contributed by atoms with Crippen molar-refractivity contribution in [1.29, 1.82) is 0 Å². The molecule has 0 radical (unpaired) electrons. The van der Waals surface area contributed by atoms with E-state index < -0.39 is 0 Å². The first-order valence-electron chi connectivity index (χ1n) is 8.81. The zero-order valence-electron chi connectivity index (χ0n) is 15.7. The second-order valence-corrected chi connectivity index (χ2v) is 7.32. The number of nitrogens with one attached hydrogen (secondary N) is 3. The number of benzene rings is 2. The fraction of sp³-hybridized carbons (Fsp3) is 0.250. The van der Waals surface area contributed by atoms with Crippen molar-refractivity contribution >= 4 is 45.1 Å². The maximum atomic E-state index is 12.2. The molecule has 2 aromatic rings. The molecule has 0 atom stereocenters. The average Bonchev–Trinajstić information content (AvgIpc) is 2.69. The number of carbonyl (C=O) groups excluding carboxylic acids is 2. The van der Waals surface area contributed by atoms with Gasteiger partial charge >= 0.3 is 0 Å². The number of amides is 2. The summed E-state index contributed by atoms with van der Waals surface area (Å²) in [6.45, 7) is 4.67. The van der Waals surface area contributed by atoms with Crippen molar-refractivity contribution in [1.82, 2.24) is 16.2 Å². The van der Waals surface area contributed by atoms with Gasteiger partial charge in [-0.1, -0.05) is 35.3 Å². The highest BCUT2D eigenvalue weighted by Crippen LogP contribution is 2.17. The summed E-state index contributed by atoms with van der Waals surface area (Å²) >= 11 is 8.43. The van der Waals surface area contributed by atoms with E-state index in [9.17, 15) is 9.59 Å². The highest BCUT2D eigenvalue weighted by Gasteiger charge is 2.10. The monoisotopic (exact) mass is 463 g/mol. The van der Waals surface area contributed by atoms with Crippen LogP contribution in [0.5, 0.6) is 5.75 Å². The maximum Gasteiger partial charge on any atom is 0.269 e. The summed E-state index contributed by atoms with van der Waals surface area (Å²) in [6.07, 6.45) is 2.04. The second kappa shape index (κ2) is 10.8. The minimum absolute atomic E-state index is 0.00667. The normalized spacial score (nSPS) is 10.1. The quantitative estimate of drug-likeness (QED) is 0.344. The van der Waals surface area contributed by atoms with Crippen molar-refractivity contribution in [3.8, 4) is 5.75 Å². The molecular weight excluding hydrogens is 442 g/mol. The van der Waals surface area contributed by atoms with Crippen molar-refractivity contribution in [2.24, 2.45) is 0 Å². The highest BCUT2D eigenvalue weighted by atomic mass is 79.9. The first-order chi connectivity index (χ1) is 13.4. The average molecular weight is 464 g/mol. The van der Waals surface area contributed by atoms with Crippen molar-refractivity contribution in [3.05, 3.63) is 63.6 Å². The van der Waals surface area contributed by atoms with Crippen LogP contribution in [0.3, 0.4) is 0 Å². The number of ether oxygens (including phenoxy) is 1. The molecule has 148 valence electrons. The smallest absolute Gasteiger partial charge is 0.269 e. The molecule has 0 spiro atoms. The van der Waals surface area contributed by atoms with E-state index in [-0.39, 0.29) is 16.9 Å². The lowest BCUT2D eigenvalue weighted by atomic mass is 10.1. The predicted molar refractivity (Wildman–Crippen MR) is 116 cm³/mol. The van der Waals surface area contributed by atoms with E-state index in [2.05, 4.69) is 39.0 Å². The molecule has 28 heavy (non-hydrogen) atoms. The number of hydrogen-bond acceptors (Lipinski definition) is 4. The van der Waals surface area contributed by atoms with Crippen LogP contribution in [0.25, 0.3) is 0 Å². The Hall–Kier alpha value is -2.45. The molecular formula is C20H22BrN3O3S. The van der Waals surface area contributed by atoms with Crippen LogP contribution in [-0.2, 0) is 0 Å². The molecule has 2 rings (SSSR count). The Morgan fingerprint density at radius 3 is 2.36 bits per heavy atom. The molecule has 0 fully saturated rings. The van der Waals surface area contributed by atoms with Crippen LogP contribution < -0.4 is 20.9 Å². The molecule has 0 aliphatic heterocycles. The molecule has 0 aliphatic carbocycles. The Morgan fingerprint density at radius 1 is 1.04 bits per heavy atom. The van der Waals surface area contributed by atoms with E-state index >= 15 is 0 Å². The fourth-order valence-electron chi connectivity index (χ4n) is 2.16. The number of aryl methyl sites for hydroxylation is 1. The zero-order valence-corrected chi connectivity index (χ0v) is 18.1. The van der Waals surface area contributed by atoms with Crippen molar-refractivity contribution in [2.45, 2.75) is 26.7 Å². The van der Waals surface area contributed by atoms with E-state index in [1.165, 1.54) is 0 Å². The van der Waals surface area contributed by atoms with Gasteiger partial charge in [-0.15, -0.1) is 0 Å². The standard InChI is InChI=1S/C20H22BrN3O3S/c1-3-4-11-27-16-9-7-14(8-10-16)18(25)22-20(28)24-23-19(26)15-6-5-13(2)17(21)12-15/h5-10,12H,3-4,11H2,1-2H3,(H,23,26)(H2,22,24,25,28). The largest absolute Gasteiger partial charge is 0.494 e. The van der Waals surface area contributed by atoms with Gasteiger partial charge in [-0.3, -0.25) is 25.8 Å². The Bertz CT molecular complexity index is 856. The SMILES string of the molecule is CCCCOc1ccc(C(=O)NC(=S)NNC(=O)c2ccc(C)c(Br)c2)cc1. The minimum Gasteiger partial charge on any atom is -0.494 e. The number of halogens is 1. The molecule has 0 saturated carbocycles. The Labute approximate surface area is 178 Å². The van der Waals surface area contributed by atoms with E-state index in [4.69, 9.17) is 17.0 Å². The lowest BCUT2D eigenvalue weighted by molar-refractivity contribution is 0.0934. The van der Waals surface area contributed by atoms with Crippen LogP contribution in [0, 0.1) is 6.92 Å². The predicted octanol–water partition coefficient (Wildman–Crippen LogP) is 3.89. The topological polar surface area (TPSA) is 79.5 Å². The van der Waals surface area contributed by atoms with Gasteiger partial charge < -0.3 is 4.74 Å². The fourth-order valence-corrected chi connectivity index (χ4v) is 2.69. The summed E-state index contributed by atoms with van der Waals surface area (Å²) in [5, 5.41) is 2.51. The van der Waals surface area contributed by atoms with E-state index in [1.807, 2.05) is 13.0 Å². The molecule has 0 aromatic heterocycles. The van der Waals surface area contributed by atoms with Gasteiger partial charge in [0.25, 0.3) is 11.8 Å². The Morgan fingerprint density at radius 2 is 1.71 bits per heavy atom. The molecule has 0 bridgehead atoms. The van der Waals surface area contributed by atoms with Gasteiger partial charge in [0.15, 0.2) is 5.11 Å². The van der Waals surface area contributed by atoms with Gasteiger partial charge in [-0.25, -0.2) is 0 Å². The van der Waals surface area contributed by atoms with Crippen LogP contribution in [-0.4, -0.2) is 23.5 Å². The van der Waals surface area contributed by atoms with Gasteiger partial charge in [0.05, 0.1) is 6.61 Å². The number of thiocarbonyl (C=S) groups is 1. The molecule has 3 N–H and O–H groups in total. The summed E-state index contributed by atoms with van der Waals surface area (Å²) < 4.78 is 6.40. The van der Waals surface area contributed by atoms with E-state index in [1.54, 1.807) is 36.4 Å². The summed E-state index contributed by atoms with van der Waals surface area (Å²) in [6, 6.07) is 12.0. The van der Waals surface area contributed by atoms with Gasteiger partial charge in [-0.2, -0.15) is 0 Å². The molecule has 6 nitrogen and oxygen atoms in total. The summed E-state index contributed by atoms with van der Waals surface area (Å²) in [5.41, 5.74) is 6.89. The number of unbranched alkanes of at least 4 members (excludes halogenated alkanes) is 1. The zero-order chi connectivity index (χ0) is 20.5. The van der Waals surface area contributed by atoms with E-state index in [0.29, 0.717) is 23.5 Å². The van der Waals surface area contributed by atoms with Crippen LogP contribution in [0.2, 0.25) is 0 Å². The first-order valence-corrected chi connectivity index (χ1v) is 10.0. The number of rotatable bonds is 6. The Balaban J connectivity index is 1.82. The molecule has 2 amide bonds. The lowest BCUT2D eigenvalue weighted by Gasteiger charge is -2.11. The van der Waals surface area contributed by atoms with Crippen LogP contribution in [0.1, 0.15) is 46.0 Å². The van der Waals surface area contributed by atoms with Crippen molar-refractivity contribution in [2.75, 3.05) is 6.61 Å². The number of carbonyl (C=O) groups is 2. The molecule has 0 aliphatic rings. The third-order valence-electron chi connectivity index (χ3n) is 3.83. The minimum atomic E-state index is -0.384. The second-order valence-electron chi connectivity index (χ2n) is 6.05. The molecule has 0 saturated heterocycles. The molecule has 8 heteroatoms. The van der Waals surface area contributed by atoms with Gasteiger partial charge in [0.2, 0.25) is 0 Å². The van der Waals surface area contributed by atoms with Crippen molar-refractivity contribution in [3.63, 3.8) is 0 Å². The van der Waals surface area contributed by atoms with E-state index in [0.717, 1.165) is 22.9 Å². The third-order valence-corrected chi connectivity index (χ3v) is 4.89. The maximum absolute atomic E-state index is 12.2. The van der Waals surface area contributed by atoms with Gasteiger partial charge in [0, 0.05) is 15.6 Å². The number of hydrazine groups is 1. The Kier molecular flexibility index (Phi) is 8.41. The lowest BCUT2D eigenvalue weighted by Crippen LogP contribution is -2.48. The molecule has 2 aromatic carbocycles. The van der Waals surface area contributed by atoms with Crippen molar-refractivity contribution < 1.29 is 14.3 Å². The number of hydrogen-bond donors (Lipinski definition) is 3. The van der Waals surface area contributed by atoms with Gasteiger partial charge in [-0.05, 0) is 67.5 Å². The highest BCUT2D eigenvalue weighted by molar-refractivity contribution is 9.10. The molecule has 0 heterocycles. The summed E-state index contributed by atoms with van der Waals surface area (Å²) in [5.74, 6) is -0.0435. The first kappa shape index (κ1) is 21.8. The summed E-state index contributed by atoms with van der Waals surface area (Å²) in [4.78, 5) is 24.4. The van der Waals surface area contributed by atoms with Crippen LogP contribution >= 0.6 is 28.1 Å².